The lowest BCUT2D eigenvalue weighted by Crippen LogP contribution is -2.57. The van der Waals surface area contributed by atoms with Gasteiger partial charge in [0.05, 0.1) is 6.57 Å². The Kier molecular flexibility index (Phi) is 21.5. The van der Waals surface area contributed by atoms with Gasteiger partial charge in [-0.25, -0.2) is 11.4 Å². The van der Waals surface area contributed by atoms with Crippen LogP contribution in [0.15, 0.2) is 106 Å². The summed E-state index contributed by atoms with van der Waals surface area (Å²) in [5.41, 5.74) is 2.88. The van der Waals surface area contributed by atoms with Gasteiger partial charge in [0.2, 0.25) is 11.5 Å². The van der Waals surface area contributed by atoms with Crippen molar-refractivity contribution in [3.8, 4) is 0 Å². The van der Waals surface area contributed by atoms with E-state index in [9.17, 15) is 52.7 Å². The van der Waals surface area contributed by atoms with Crippen molar-refractivity contribution in [2.24, 2.45) is 111 Å². The Bertz CT molecular complexity index is 4440. The fourth-order valence-electron chi connectivity index (χ4n) is 26.9. The predicted molar refractivity (Wildman–Crippen MR) is 429 cm³/mol. The van der Waals surface area contributed by atoms with Crippen LogP contribution < -0.4 is 0 Å². The molecule has 9 fully saturated rings. The van der Waals surface area contributed by atoms with Crippen molar-refractivity contribution in [2.45, 2.75) is 299 Å². The Labute approximate surface area is 661 Å². The number of carbonyl (C=O) groups is 11. The van der Waals surface area contributed by atoms with Gasteiger partial charge in [-0.2, -0.15) is 0 Å². The molecule has 0 radical (unpaired) electrons. The third kappa shape index (κ3) is 13.6. The van der Waals surface area contributed by atoms with Gasteiger partial charge < -0.3 is 19.1 Å². The van der Waals surface area contributed by atoms with Gasteiger partial charge in [0.1, 0.15) is 29.6 Å². The molecule has 0 amide bonds. The minimum Gasteiger partial charge on any atom is -0.462 e. The van der Waals surface area contributed by atoms with Crippen molar-refractivity contribution >= 4 is 64.0 Å². The average Bonchev–Trinajstić information content (AvgIpc) is 0.731. The molecule has 18 atom stereocenters. The van der Waals surface area contributed by atoms with Gasteiger partial charge in [0.25, 0.3) is 6.04 Å². The minimum absolute atomic E-state index is 0.00168. The highest BCUT2D eigenvalue weighted by Gasteiger charge is 2.67. The zero-order valence-electron chi connectivity index (χ0n) is 70.9. The van der Waals surface area contributed by atoms with E-state index in [0.717, 1.165) is 113 Å². The van der Waals surface area contributed by atoms with Gasteiger partial charge in [-0.05, 0) is 190 Å². The molecule has 0 aromatic carbocycles. The van der Waals surface area contributed by atoms with E-state index in [4.69, 9.17) is 22.6 Å². The van der Waals surface area contributed by atoms with Crippen LogP contribution in [0.1, 0.15) is 281 Å². The molecule has 0 heterocycles. The summed E-state index contributed by atoms with van der Waals surface area (Å²) in [5, 5.41) is 0. The van der Waals surface area contributed by atoms with Gasteiger partial charge in [-0.15, -0.1) is 0 Å². The molecule has 598 valence electrons. The minimum atomic E-state index is -0.583. The molecule has 1 unspecified atom stereocenters. The zero-order valence-corrected chi connectivity index (χ0v) is 70.9. The lowest BCUT2D eigenvalue weighted by atomic mass is 9.43. The number of ether oxygens (including phenoxy) is 2. The first-order chi connectivity index (χ1) is 51.1. The maximum atomic E-state index is 12.7. The lowest BCUT2D eigenvalue weighted by molar-refractivity contribution is -0.160. The summed E-state index contributed by atoms with van der Waals surface area (Å²) in [6.07, 6.45) is 39.0. The molecule has 15 nitrogen and oxygen atoms in total. The molecule has 0 aromatic rings. The fraction of sp³-hybridized carbons (Fsp3) is 0.677. The van der Waals surface area contributed by atoms with Gasteiger partial charge in [-0.3, -0.25) is 47.9 Å². The first-order valence-electron chi connectivity index (χ1n) is 41.5. The molecule has 0 bridgehead atoms. The molecular weight excluding hydrogens is 1390 g/mol. The number of fused-ring (bicyclic) bond motifs is 15. The van der Waals surface area contributed by atoms with Gasteiger partial charge in [-0.1, -0.05) is 191 Å². The summed E-state index contributed by atoms with van der Waals surface area (Å²) in [6, 6.07) is -0.583. The van der Waals surface area contributed by atoms with Crippen molar-refractivity contribution in [2.75, 3.05) is 0 Å². The summed E-state index contributed by atoms with van der Waals surface area (Å²) in [7, 11) is 0. The van der Waals surface area contributed by atoms with Crippen LogP contribution in [0.25, 0.3) is 9.69 Å². The molecule has 9 saturated carbocycles. The van der Waals surface area contributed by atoms with Crippen LogP contribution in [-0.4, -0.2) is 82.2 Å². The first kappa shape index (κ1) is 84.5. The summed E-state index contributed by atoms with van der Waals surface area (Å²) in [6.45, 7) is 60.2. The molecule has 15 aliphatic rings. The topological polar surface area (TPSA) is 215 Å². The highest BCUT2D eigenvalue weighted by Crippen LogP contribution is 2.70. The second-order valence-corrected chi connectivity index (χ2v) is 41.6. The Hall–Kier alpha value is -7.39. The molecule has 15 rings (SSSR count). The van der Waals surface area contributed by atoms with E-state index in [0.29, 0.717) is 54.9 Å². The van der Waals surface area contributed by atoms with Crippen LogP contribution in [0.3, 0.4) is 0 Å². The number of nitrogens with zero attached hydrogens (tertiary/aromatic N) is 2. The molecule has 0 spiro atoms. The number of carbonyl (C=O) groups excluding carboxylic acids is 11. The highest BCUT2D eigenvalue weighted by molar-refractivity contribution is 6.05. The summed E-state index contributed by atoms with van der Waals surface area (Å²) < 4.78 is 11.3. The number of rotatable bonds is 2. The van der Waals surface area contributed by atoms with E-state index in [2.05, 4.69) is 133 Å². The Morgan fingerprint density at radius 3 is 1.23 bits per heavy atom. The molecule has 0 saturated heterocycles. The number of allylic oxidation sites excluding steroid dienone is 16. The average molecular weight is 1520 g/mol. The van der Waals surface area contributed by atoms with Crippen molar-refractivity contribution in [1.29, 1.82) is 0 Å². The predicted octanol–water partition coefficient (Wildman–Crippen LogP) is 19.6. The van der Waals surface area contributed by atoms with Crippen LogP contribution in [-0.2, 0) is 62.2 Å². The zero-order chi connectivity index (χ0) is 82.4. The Morgan fingerprint density at radius 1 is 0.405 bits per heavy atom. The van der Waals surface area contributed by atoms with Crippen molar-refractivity contribution in [3.63, 3.8) is 0 Å². The number of hydrogen-bond donors (Lipinski definition) is 0. The Balaban J connectivity index is 0.000000138. The SMILES string of the molecule is CC(=O)O[C@@H]1CC(=O)C=C2[C@@]1(C)CC[C@H]1C(C)(C)C(=O)CC[C@]21C.CC(=O)O[C@@H]1CCC=C2[C@@]1(C)CC[C@H]1C(C)(C)C(=O)CC[C@]21C.CC1(C)C(=O)CC[C@]2(C)C3=CC(=O)C=C[C@]3(C)CC[C@@H]12.[C-]#[N+]C1=C[C@]2(C)C3=CC(=O)C=C[C@]3(C)CC[C@H]2C(C)(C)C1=O.[C-]#[N+]C1C[C@]2(C)C3=CC(=O)C=C[C@]3(C)CC[C@H]2C(C)(C)C1=O. The number of esters is 2. The normalized spacial score (nSPS) is 41.7. The summed E-state index contributed by atoms with van der Waals surface area (Å²) >= 11 is 0. The maximum absolute atomic E-state index is 12.7. The van der Waals surface area contributed by atoms with Gasteiger partial charge in [0, 0.05) is 111 Å². The summed E-state index contributed by atoms with van der Waals surface area (Å²) in [5.74, 6) is 2.11. The van der Waals surface area contributed by atoms with E-state index >= 15 is 0 Å². The summed E-state index contributed by atoms with van der Waals surface area (Å²) in [4.78, 5) is 141. The van der Waals surface area contributed by atoms with Crippen LogP contribution in [0.4, 0.5) is 0 Å². The third-order valence-electron chi connectivity index (χ3n) is 33.1. The van der Waals surface area contributed by atoms with Crippen molar-refractivity contribution < 1.29 is 62.2 Å². The highest BCUT2D eigenvalue weighted by atomic mass is 16.5. The number of Topliss-reactive ketones (excluding diaryl/α,β-unsaturated/α-hetero) is 5. The standard InChI is InChI=1S/C20H28O4.C20H30O3.C19H23NO2.C19H21NO2.C18H24O2/c1-12(21)24-17-11-13(22)10-15-19(4)9-7-16(23)18(2,3)14(19)6-8-20(15,17)5;1-13(21)23-17-8-6-7-15-19(4)12-10-16(22)18(2,3)14(19)9-11-20(15,17)5;2*1-17(2)14-7-9-18(3)8-6-12(21)10-15(18)19(14,4)11-13(20-5)16(17)22;1-16(2)13-6-9-17(3)8-5-12(19)11-14(17)18(13,4)10-7-15(16)20/h10,14,17H,6-9,11H2,1-5H3;7,14,17H,6,8-12H2,1-5H3;6,8,10,13-14H,7,9,11H2,1-4H3;6,8,10-11,14H,7,9H2,1-4H3;5,8,11,13H,6-7,9-10H2,1-4H3/t2*14-,17+,19-,20+;13?,14-,18+,19-;14-,18+,19-;13-,17+,18-/m00000/s1. The van der Waals surface area contributed by atoms with Crippen LogP contribution in [0, 0.1) is 124 Å². The molecule has 15 aliphatic carbocycles. The monoisotopic (exact) mass is 1510 g/mol. The van der Waals surface area contributed by atoms with Crippen LogP contribution in [0.2, 0.25) is 0 Å². The number of ketones is 9. The Morgan fingerprint density at radius 2 is 0.784 bits per heavy atom. The number of hydrogen-bond acceptors (Lipinski definition) is 13. The van der Waals surface area contributed by atoms with Gasteiger partial charge >= 0.3 is 11.9 Å². The van der Waals surface area contributed by atoms with E-state index < -0.39 is 22.3 Å². The largest absolute Gasteiger partial charge is 0.462 e. The van der Waals surface area contributed by atoms with Crippen molar-refractivity contribution in [1.82, 2.24) is 0 Å². The molecule has 15 heteroatoms. The molecule has 0 aromatic heterocycles. The van der Waals surface area contributed by atoms with E-state index in [-0.39, 0.29) is 154 Å². The van der Waals surface area contributed by atoms with Gasteiger partial charge in [0.15, 0.2) is 28.9 Å². The van der Waals surface area contributed by atoms with E-state index in [1.54, 1.807) is 36.5 Å². The first-order valence-corrected chi connectivity index (χ1v) is 41.5. The second kappa shape index (κ2) is 28.3. The van der Waals surface area contributed by atoms with E-state index in [1.807, 2.05) is 52.0 Å². The molecule has 0 N–H and O–H groups in total. The fourth-order valence-corrected chi connectivity index (χ4v) is 26.9. The smallest absolute Gasteiger partial charge is 0.302 e. The molecule has 111 heavy (non-hydrogen) atoms. The van der Waals surface area contributed by atoms with E-state index in [1.165, 1.54) is 25.0 Å². The van der Waals surface area contributed by atoms with Crippen LogP contribution >= 0.6 is 0 Å². The maximum Gasteiger partial charge on any atom is 0.302 e. The lowest BCUT2D eigenvalue weighted by Gasteiger charge is -2.61. The van der Waals surface area contributed by atoms with Crippen LogP contribution in [0.5, 0.6) is 0 Å². The second-order valence-electron chi connectivity index (χ2n) is 41.6. The quantitative estimate of drug-likeness (QED) is 0.143. The van der Waals surface area contributed by atoms with Crippen molar-refractivity contribution in [3.05, 3.63) is 129 Å². The third-order valence-corrected chi connectivity index (χ3v) is 33.1. The molecular formula is C96H126N2O13. The molecule has 0 aliphatic heterocycles.